The first-order valence-corrected chi connectivity index (χ1v) is 9.39. The fraction of sp³-hybridized carbons (Fsp3) is 0.588. The third-order valence-corrected chi connectivity index (χ3v) is 5.54. The number of aromatic nitrogens is 2. The van der Waals surface area contributed by atoms with E-state index in [2.05, 4.69) is 9.88 Å². The Morgan fingerprint density at radius 2 is 2.12 bits per heavy atom. The van der Waals surface area contributed by atoms with Crippen LogP contribution in [0, 0.1) is 6.92 Å². The number of carbonyl (C=O) groups excluding carboxylic acids is 1. The molecule has 1 fully saturated rings. The first-order valence-electron chi connectivity index (χ1n) is 8.57. The fourth-order valence-corrected chi connectivity index (χ4v) is 4.03. The van der Waals surface area contributed by atoms with Crippen LogP contribution in [0.25, 0.3) is 10.2 Å². The normalized spacial score (nSPS) is 15.6. The van der Waals surface area contributed by atoms with Gasteiger partial charge in [-0.15, -0.1) is 11.3 Å². The van der Waals surface area contributed by atoms with Gasteiger partial charge in [0.05, 0.1) is 31.5 Å². The Hall–Kier alpha value is -1.77. The Morgan fingerprint density at radius 1 is 1.36 bits per heavy atom. The predicted octanol–water partition coefficient (Wildman–Crippen LogP) is 1.67. The summed E-state index contributed by atoms with van der Waals surface area (Å²) < 4.78 is 12.0. The summed E-state index contributed by atoms with van der Waals surface area (Å²) in [5.74, 6) is -0.388. The van der Waals surface area contributed by atoms with Crippen molar-refractivity contribution in [1.82, 2.24) is 14.5 Å². The lowest BCUT2D eigenvalue weighted by molar-refractivity contribution is 0.0369. The number of ether oxygens (including phenoxy) is 2. The maximum atomic E-state index is 12.8. The van der Waals surface area contributed by atoms with Crippen molar-refractivity contribution in [3.05, 3.63) is 27.1 Å². The van der Waals surface area contributed by atoms with E-state index in [-0.39, 0.29) is 11.5 Å². The van der Waals surface area contributed by atoms with E-state index in [1.165, 1.54) is 11.3 Å². The lowest BCUT2D eigenvalue weighted by Gasteiger charge is -2.26. The van der Waals surface area contributed by atoms with Crippen LogP contribution in [0.15, 0.2) is 11.1 Å². The molecular formula is C17H23N3O4S. The molecule has 0 aromatic carbocycles. The molecule has 0 atom stereocenters. The monoisotopic (exact) mass is 365 g/mol. The molecule has 1 saturated heterocycles. The molecule has 0 unspecified atom stereocenters. The second-order valence-corrected chi connectivity index (χ2v) is 7.01. The Bertz CT molecular complexity index is 808. The molecule has 7 nitrogen and oxygen atoms in total. The molecule has 0 aliphatic carbocycles. The zero-order valence-electron chi connectivity index (χ0n) is 14.6. The van der Waals surface area contributed by atoms with Crippen molar-refractivity contribution in [2.75, 3.05) is 39.5 Å². The first-order chi connectivity index (χ1) is 12.1. The highest BCUT2D eigenvalue weighted by molar-refractivity contribution is 7.20. The molecule has 136 valence electrons. The maximum Gasteiger partial charge on any atom is 0.348 e. The molecule has 3 heterocycles. The fourth-order valence-electron chi connectivity index (χ4n) is 3.00. The highest BCUT2D eigenvalue weighted by Gasteiger charge is 2.20. The van der Waals surface area contributed by atoms with Crippen LogP contribution in [-0.4, -0.2) is 59.9 Å². The van der Waals surface area contributed by atoms with E-state index in [1.54, 1.807) is 24.7 Å². The van der Waals surface area contributed by atoms with Gasteiger partial charge in [0.2, 0.25) is 0 Å². The molecule has 1 aliphatic rings. The molecule has 0 spiro atoms. The lowest BCUT2D eigenvalue weighted by atomic mass is 10.2. The van der Waals surface area contributed by atoms with Crippen LogP contribution in [-0.2, 0) is 16.0 Å². The van der Waals surface area contributed by atoms with Crippen molar-refractivity contribution in [3.8, 4) is 0 Å². The second kappa shape index (κ2) is 8.07. The number of rotatable bonds is 6. The summed E-state index contributed by atoms with van der Waals surface area (Å²) >= 11 is 1.22. The van der Waals surface area contributed by atoms with Crippen molar-refractivity contribution >= 4 is 27.5 Å². The van der Waals surface area contributed by atoms with E-state index < -0.39 is 0 Å². The number of hydrogen-bond acceptors (Lipinski definition) is 7. The minimum Gasteiger partial charge on any atom is -0.462 e. The maximum absolute atomic E-state index is 12.8. The Labute approximate surface area is 150 Å². The van der Waals surface area contributed by atoms with Gasteiger partial charge >= 0.3 is 5.97 Å². The Kier molecular flexibility index (Phi) is 5.82. The number of morpholine rings is 1. The molecule has 8 heteroatoms. The van der Waals surface area contributed by atoms with Crippen molar-refractivity contribution in [3.63, 3.8) is 0 Å². The predicted molar refractivity (Wildman–Crippen MR) is 96.4 cm³/mol. The standard InChI is InChI=1S/C17H23N3O4S/c1-3-24-17(22)14-12(2)13-15(25-14)18-11-20(16(13)21)6-4-5-19-7-9-23-10-8-19/h11H,3-10H2,1-2H3. The molecule has 0 amide bonds. The third kappa shape index (κ3) is 3.91. The smallest absolute Gasteiger partial charge is 0.348 e. The average Bonchev–Trinajstić information content (AvgIpc) is 2.96. The number of hydrogen-bond donors (Lipinski definition) is 0. The van der Waals surface area contributed by atoms with Gasteiger partial charge in [0.1, 0.15) is 9.71 Å². The van der Waals surface area contributed by atoms with Gasteiger partial charge in [-0.1, -0.05) is 0 Å². The van der Waals surface area contributed by atoms with Crippen molar-refractivity contribution in [2.24, 2.45) is 0 Å². The summed E-state index contributed by atoms with van der Waals surface area (Å²) in [4.78, 5) is 32.6. The summed E-state index contributed by atoms with van der Waals surface area (Å²) in [6.45, 7) is 8.85. The van der Waals surface area contributed by atoms with Gasteiger partial charge in [-0.05, 0) is 25.8 Å². The quantitative estimate of drug-likeness (QED) is 0.725. The topological polar surface area (TPSA) is 73.7 Å². The molecule has 2 aromatic rings. The molecular weight excluding hydrogens is 342 g/mol. The molecule has 0 saturated carbocycles. The number of esters is 1. The summed E-state index contributed by atoms with van der Waals surface area (Å²) in [5, 5.41) is 0.530. The largest absolute Gasteiger partial charge is 0.462 e. The molecule has 0 radical (unpaired) electrons. The third-order valence-electron chi connectivity index (χ3n) is 4.36. The molecule has 0 N–H and O–H groups in total. The zero-order chi connectivity index (χ0) is 17.8. The summed E-state index contributed by atoms with van der Waals surface area (Å²) in [5.41, 5.74) is 0.578. The summed E-state index contributed by atoms with van der Waals surface area (Å²) in [7, 11) is 0. The number of nitrogens with zero attached hydrogens (tertiary/aromatic N) is 3. The molecule has 2 aromatic heterocycles. The van der Waals surface area contributed by atoms with Crippen LogP contribution in [0.2, 0.25) is 0 Å². The van der Waals surface area contributed by atoms with Gasteiger partial charge in [0.25, 0.3) is 5.56 Å². The number of aryl methyl sites for hydroxylation is 2. The van der Waals surface area contributed by atoms with Gasteiger partial charge in [0, 0.05) is 26.2 Å². The van der Waals surface area contributed by atoms with Gasteiger partial charge in [-0.3, -0.25) is 14.3 Å². The first kappa shape index (κ1) is 18.0. The van der Waals surface area contributed by atoms with Gasteiger partial charge in [-0.25, -0.2) is 9.78 Å². The second-order valence-electron chi connectivity index (χ2n) is 6.01. The van der Waals surface area contributed by atoms with Crippen molar-refractivity contribution < 1.29 is 14.3 Å². The Morgan fingerprint density at radius 3 is 2.84 bits per heavy atom. The van der Waals surface area contributed by atoms with E-state index in [4.69, 9.17) is 9.47 Å². The number of carbonyl (C=O) groups is 1. The van der Waals surface area contributed by atoms with E-state index in [0.29, 0.717) is 33.8 Å². The van der Waals surface area contributed by atoms with Crippen LogP contribution in [0.3, 0.4) is 0 Å². The van der Waals surface area contributed by atoms with E-state index in [1.807, 2.05) is 0 Å². The van der Waals surface area contributed by atoms with Crippen molar-refractivity contribution in [1.29, 1.82) is 0 Å². The zero-order valence-corrected chi connectivity index (χ0v) is 15.4. The minimum absolute atomic E-state index is 0.0868. The minimum atomic E-state index is -0.388. The van der Waals surface area contributed by atoms with Gasteiger partial charge < -0.3 is 9.47 Å². The van der Waals surface area contributed by atoms with E-state index in [9.17, 15) is 9.59 Å². The average molecular weight is 365 g/mol. The summed E-state index contributed by atoms with van der Waals surface area (Å²) in [6, 6.07) is 0. The molecule has 25 heavy (non-hydrogen) atoms. The summed E-state index contributed by atoms with van der Waals surface area (Å²) in [6.07, 6.45) is 2.45. The van der Waals surface area contributed by atoms with Gasteiger partial charge in [-0.2, -0.15) is 0 Å². The van der Waals surface area contributed by atoms with E-state index >= 15 is 0 Å². The van der Waals surface area contributed by atoms with E-state index in [0.717, 1.165) is 39.3 Å². The van der Waals surface area contributed by atoms with Crippen LogP contribution in [0.1, 0.15) is 28.6 Å². The highest BCUT2D eigenvalue weighted by atomic mass is 32.1. The molecule has 0 bridgehead atoms. The van der Waals surface area contributed by atoms with Crippen molar-refractivity contribution in [2.45, 2.75) is 26.8 Å². The lowest BCUT2D eigenvalue weighted by Crippen LogP contribution is -2.37. The Balaban J connectivity index is 1.76. The SMILES string of the molecule is CCOC(=O)c1sc2ncn(CCCN3CCOCC3)c(=O)c2c1C. The van der Waals surface area contributed by atoms with Gasteiger partial charge in [0.15, 0.2) is 0 Å². The number of thiophene rings is 1. The van der Waals surface area contributed by atoms with Crippen LogP contribution in [0.5, 0.6) is 0 Å². The highest BCUT2D eigenvalue weighted by Crippen LogP contribution is 2.27. The van der Waals surface area contributed by atoms with Crippen LogP contribution < -0.4 is 5.56 Å². The van der Waals surface area contributed by atoms with Crippen LogP contribution >= 0.6 is 11.3 Å². The molecule has 3 rings (SSSR count). The molecule has 1 aliphatic heterocycles. The van der Waals surface area contributed by atoms with Crippen LogP contribution in [0.4, 0.5) is 0 Å². The number of fused-ring (bicyclic) bond motifs is 1.